The molecule has 142 valence electrons. The molecule has 3 aromatic rings. The van der Waals surface area contributed by atoms with Crippen LogP contribution in [0, 0.1) is 6.92 Å². The van der Waals surface area contributed by atoms with Gasteiger partial charge in [0.1, 0.15) is 5.76 Å². The standard InChI is InChI=1S/C18H23N7O2/c1-15-16(13-20-27-15)14-23-9-7-22(8-10-23)11-12-25-18(26)4-3-17(21-25)24-6-2-5-19-24/h2-6,13H,7-12,14H2,1H3. The molecule has 4 heterocycles. The van der Waals surface area contributed by atoms with Crippen LogP contribution in [0.15, 0.2) is 46.1 Å². The first-order chi connectivity index (χ1) is 13.2. The maximum Gasteiger partial charge on any atom is 0.266 e. The van der Waals surface area contributed by atoms with Crippen molar-refractivity contribution in [3.63, 3.8) is 0 Å². The Morgan fingerprint density at radius 2 is 1.93 bits per heavy atom. The average Bonchev–Trinajstić information content (AvgIpc) is 3.35. The third-order valence-electron chi connectivity index (χ3n) is 4.93. The summed E-state index contributed by atoms with van der Waals surface area (Å²) in [5, 5.41) is 12.4. The molecule has 3 aromatic heterocycles. The summed E-state index contributed by atoms with van der Waals surface area (Å²) in [6.07, 6.45) is 5.30. The van der Waals surface area contributed by atoms with Crippen LogP contribution in [-0.2, 0) is 13.1 Å². The van der Waals surface area contributed by atoms with E-state index in [4.69, 9.17) is 4.52 Å². The van der Waals surface area contributed by atoms with E-state index in [1.807, 2.05) is 19.2 Å². The lowest BCUT2D eigenvalue weighted by molar-refractivity contribution is 0.122. The first kappa shape index (κ1) is 17.6. The highest BCUT2D eigenvalue weighted by molar-refractivity contribution is 5.17. The van der Waals surface area contributed by atoms with Gasteiger partial charge in [-0.15, -0.1) is 5.10 Å². The van der Waals surface area contributed by atoms with Gasteiger partial charge < -0.3 is 4.52 Å². The van der Waals surface area contributed by atoms with E-state index in [2.05, 4.69) is 25.2 Å². The van der Waals surface area contributed by atoms with Crippen molar-refractivity contribution >= 4 is 0 Å². The molecule has 0 N–H and O–H groups in total. The molecule has 4 rings (SSSR count). The summed E-state index contributed by atoms with van der Waals surface area (Å²) in [6, 6.07) is 5.07. The second kappa shape index (κ2) is 7.85. The van der Waals surface area contributed by atoms with Crippen LogP contribution in [-0.4, -0.2) is 67.2 Å². The highest BCUT2D eigenvalue weighted by atomic mass is 16.5. The Balaban J connectivity index is 1.31. The summed E-state index contributed by atoms with van der Waals surface area (Å²) in [7, 11) is 0. The number of piperazine rings is 1. The zero-order valence-corrected chi connectivity index (χ0v) is 15.4. The molecule has 9 nitrogen and oxygen atoms in total. The fourth-order valence-corrected chi connectivity index (χ4v) is 3.24. The van der Waals surface area contributed by atoms with E-state index in [1.54, 1.807) is 29.2 Å². The predicted octanol–water partition coefficient (Wildman–Crippen LogP) is 0.543. The molecule has 27 heavy (non-hydrogen) atoms. The van der Waals surface area contributed by atoms with Crippen molar-refractivity contribution in [2.24, 2.45) is 0 Å². The highest BCUT2D eigenvalue weighted by Gasteiger charge is 2.18. The average molecular weight is 369 g/mol. The van der Waals surface area contributed by atoms with Crippen molar-refractivity contribution < 1.29 is 4.52 Å². The Morgan fingerprint density at radius 1 is 1.11 bits per heavy atom. The fourth-order valence-electron chi connectivity index (χ4n) is 3.24. The lowest BCUT2D eigenvalue weighted by Gasteiger charge is -2.34. The van der Waals surface area contributed by atoms with Crippen molar-refractivity contribution in [1.29, 1.82) is 0 Å². The molecule has 1 saturated heterocycles. The Labute approximate surface area is 156 Å². The van der Waals surface area contributed by atoms with Gasteiger partial charge in [0, 0.05) is 63.3 Å². The van der Waals surface area contributed by atoms with Crippen molar-refractivity contribution in [3.05, 3.63) is 58.5 Å². The van der Waals surface area contributed by atoms with Gasteiger partial charge in [0.2, 0.25) is 0 Å². The number of nitrogens with zero attached hydrogens (tertiary/aromatic N) is 7. The zero-order valence-electron chi connectivity index (χ0n) is 15.4. The number of hydrogen-bond donors (Lipinski definition) is 0. The summed E-state index contributed by atoms with van der Waals surface area (Å²) in [6.45, 7) is 8.10. The van der Waals surface area contributed by atoms with Gasteiger partial charge in [0.15, 0.2) is 5.82 Å². The Hall–Kier alpha value is -2.78. The molecular formula is C18H23N7O2. The third-order valence-corrected chi connectivity index (χ3v) is 4.93. The summed E-state index contributed by atoms with van der Waals surface area (Å²) >= 11 is 0. The van der Waals surface area contributed by atoms with Gasteiger partial charge in [-0.05, 0) is 19.1 Å². The molecule has 0 radical (unpaired) electrons. The van der Waals surface area contributed by atoms with E-state index in [0.29, 0.717) is 12.4 Å². The smallest absolute Gasteiger partial charge is 0.266 e. The fraction of sp³-hybridized carbons (Fsp3) is 0.444. The predicted molar refractivity (Wildman–Crippen MR) is 98.6 cm³/mol. The normalized spacial score (nSPS) is 16.0. The highest BCUT2D eigenvalue weighted by Crippen LogP contribution is 2.12. The molecule has 1 fully saturated rings. The van der Waals surface area contributed by atoms with Crippen molar-refractivity contribution in [2.75, 3.05) is 32.7 Å². The summed E-state index contributed by atoms with van der Waals surface area (Å²) < 4.78 is 8.30. The van der Waals surface area contributed by atoms with Crippen LogP contribution >= 0.6 is 0 Å². The van der Waals surface area contributed by atoms with Crippen molar-refractivity contribution in [3.8, 4) is 5.82 Å². The van der Waals surface area contributed by atoms with Gasteiger partial charge in [-0.25, -0.2) is 9.36 Å². The molecule has 9 heteroatoms. The maximum absolute atomic E-state index is 12.1. The molecule has 1 aliphatic rings. The van der Waals surface area contributed by atoms with Crippen molar-refractivity contribution in [1.82, 2.24) is 34.5 Å². The Bertz CT molecular complexity index is 923. The van der Waals surface area contributed by atoms with Gasteiger partial charge in [-0.2, -0.15) is 5.10 Å². The summed E-state index contributed by atoms with van der Waals surface area (Å²) in [5.41, 5.74) is 1.06. The van der Waals surface area contributed by atoms with Crippen LogP contribution in [0.1, 0.15) is 11.3 Å². The third kappa shape index (κ3) is 4.15. The molecule has 0 saturated carbocycles. The van der Waals surface area contributed by atoms with Gasteiger partial charge in [0.05, 0.1) is 12.7 Å². The van der Waals surface area contributed by atoms with Crippen LogP contribution < -0.4 is 5.56 Å². The molecule has 0 aromatic carbocycles. The molecule has 0 spiro atoms. The van der Waals surface area contributed by atoms with E-state index in [1.165, 1.54) is 4.68 Å². The quantitative estimate of drug-likeness (QED) is 0.627. The van der Waals surface area contributed by atoms with E-state index in [-0.39, 0.29) is 5.56 Å². The zero-order chi connectivity index (χ0) is 18.6. The number of hydrogen-bond acceptors (Lipinski definition) is 7. The topological polar surface area (TPSA) is 85.2 Å². The molecule has 0 aliphatic carbocycles. The molecule has 0 amide bonds. The maximum atomic E-state index is 12.1. The molecule has 0 atom stereocenters. The van der Waals surface area contributed by atoms with Gasteiger partial charge >= 0.3 is 0 Å². The molecular weight excluding hydrogens is 346 g/mol. The minimum atomic E-state index is -0.0903. The van der Waals surface area contributed by atoms with Gasteiger partial charge in [0.25, 0.3) is 5.56 Å². The van der Waals surface area contributed by atoms with Crippen molar-refractivity contribution in [2.45, 2.75) is 20.0 Å². The van der Waals surface area contributed by atoms with Crippen LogP contribution in [0.3, 0.4) is 0 Å². The SMILES string of the molecule is Cc1oncc1CN1CCN(CCn2nc(-n3cccn3)ccc2=O)CC1. The van der Waals surface area contributed by atoms with Gasteiger partial charge in [-0.3, -0.25) is 14.6 Å². The lowest BCUT2D eigenvalue weighted by Crippen LogP contribution is -2.47. The summed E-state index contributed by atoms with van der Waals surface area (Å²) in [4.78, 5) is 16.9. The van der Waals surface area contributed by atoms with Crippen LogP contribution in [0.4, 0.5) is 0 Å². The van der Waals surface area contributed by atoms with E-state index >= 15 is 0 Å². The van der Waals surface area contributed by atoms with E-state index < -0.39 is 0 Å². The number of aromatic nitrogens is 5. The Kier molecular flexibility index (Phi) is 5.12. The second-order valence-corrected chi connectivity index (χ2v) is 6.73. The lowest BCUT2D eigenvalue weighted by atomic mass is 10.2. The minimum absolute atomic E-state index is 0.0903. The molecule has 0 bridgehead atoms. The number of aryl methyl sites for hydroxylation is 1. The first-order valence-electron chi connectivity index (χ1n) is 9.12. The van der Waals surface area contributed by atoms with Crippen LogP contribution in [0.25, 0.3) is 5.82 Å². The monoisotopic (exact) mass is 369 g/mol. The summed E-state index contributed by atoms with van der Waals surface area (Å²) in [5.74, 6) is 1.54. The second-order valence-electron chi connectivity index (χ2n) is 6.73. The van der Waals surface area contributed by atoms with E-state index in [9.17, 15) is 4.79 Å². The van der Waals surface area contributed by atoms with E-state index in [0.717, 1.165) is 50.6 Å². The van der Waals surface area contributed by atoms with Crippen LogP contribution in [0.2, 0.25) is 0 Å². The number of rotatable bonds is 6. The largest absolute Gasteiger partial charge is 0.361 e. The minimum Gasteiger partial charge on any atom is -0.361 e. The molecule has 1 aliphatic heterocycles. The Morgan fingerprint density at radius 3 is 2.63 bits per heavy atom. The van der Waals surface area contributed by atoms with Crippen LogP contribution in [0.5, 0.6) is 0 Å². The van der Waals surface area contributed by atoms with Gasteiger partial charge in [-0.1, -0.05) is 5.16 Å². The first-order valence-corrected chi connectivity index (χ1v) is 9.12. The molecule has 0 unspecified atom stereocenters.